The number of nitrogens with zero attached hydrogens (tertiary/aromatic N) is 2. The number of pyridine rings is 1. The Morgan fingerprint density at radius 1 is 1.58 bits per heavy atom. The first kappa shape index (κ1) is 8.52. The fraction of sp³-hybridized carbons (Fsp3) is 0.250. The molecular formula is C8H10N2O2. The maximum absolute atomic E-state index is 10.6. The van der Waals surface area contributed by atoms with Crippen molar-refractivity contribution < 1.29 is 9.57 Å². The first-order valence-electron chi connectivity index (χ1n) is 3.67. The van der Waals surface area contributed by atoms with E-state index >= 15 is 0 Å². The molecule has 1 aromatic heterocycles. The van der Waals surface area contributed by atoms with Crippen LogP contribution in [0.3, 0.4) is 0 Å². The van der Waals surface area contributed by atoms with E-state index in [4.69, 9.17) is 4.84 Å². The first-order valence-corrected chi connectivity index (χ1v) is 3.67. The second-order valence-electron chi connectivity index (χ2n) is 2.14. The summed E-state index contributed by atoms with van der Waals surface area (Å²) in [4.78, 5) is 4.75. The average Bonchev–Trinajstić information content (AvgIpc) is 2.09. The molecule has 0 atom stereocenters. The lowest BCUT2D eigenvalue weighted by atomic mass is 10.3. The van der Waals surface area contributed by atoms with E-state index in [1.807, 2.05) is 6.92 Å². The summed E-state index contributed by atoms with van der Waals surface area (Å²) in [5, 5.41) is 14.2. The van der Waals surface area contributed by atoms with Gasteiger partial charge in [-0.15, -0.1) is 0 Å². The van der Waals surface area contributed by atoms with Crippen LogP contribution in [0.25, 0.3) is 0 Å². The number of oxime groups is 1. The van der Waals surface area contributed by atoms with Crippen molar-refractivity contribution in [2.75, 3.05) is 6.61 Å². The summed E-state index contributed by atoms with van der Waals surface area (Å²) in [6.45, 7) is 2.40. The van der Waals surface area contributed by atoms with Crippen LogP contribution in [0.1, 0.15) is 12.5 Å². The summed E-state index contributed by atoms with van der Waals surface area (Å²) in [6, 6.07) is 3.32. The van der Waals surface area contributed by atoms with E-state index in [-0.39, 0.29) is 0 Å². The van der Waals surface area contributed by atoms with E-state index in [2.05, 4.69) is 5.16 Å². The van der Waals surface area contributed by atoms with Gasteiger partial charge < -0.3 is 10.0 Å². The van der Waals surface area contributed by atoms with Crippen molar-refractivity contribution in [1.82, 2.24) is 0 Å². The SMILES string of the molecule is CCO/N=C/c1cc[n+]([O-])cc1. The first-order chi connectivity index (χ1) is 5.83. The van der Waals surface area contributed by atoms with Gasteiger partial charge in [-0.2, -0.15) is 4.73 Å². The van der Waals surface area contributed by atoms with Gasteiger partial charge in [-0.3, -0.25) is 0 Å². The molecule has 0 radical (unpaired) electrons. The van der Waals surface area contributed by atoms with Crippen LogP contribution in [0.15, 0.2) is 29.7 Å². The second kappa shape index (κ2) is 4.33. The molecule has 0 bridgehead atoms. The molecule has 1 aromatic rings. The van der Waals surface area contributed by atoms with Gasteiger partial charge in [0.15, 0.2) is 12.4 Å². The Labute approximate surface area is 70.7 Å². The summed E-state index contributed by atoms with van der Waals surface area (Å²) < 4.78 is 0.720. The third-order valence-corrected chi connectivity index (χ3v) is 1.23. The van der Waals surface area contributed by atoms with E-state index in [0.717, 1.165) is 10.3 Å². The highest BCUT2D eigenvalue weighted by Crippen LogP contribution is 1.89. The summed E-state index contributed by atoms with van der Waals surface area (Å²) in [6.07, 6.45) is 4.38. The fourth-order valence-electron chi connectivity index (χ4n) is 0.683. The Kier molecular flexibility index (Phi) is 3.07. The van der Waals surface area contributed by atoms with Crippen LogP contribution in [0.4, 0.5) is 0 Å². The molecule has 0 aliphatic carbocycles. The zero-order chi connectivity index (χ0) is 8.81. The van der Waals surface area contributed by atoms with Crippen molar-refractivity contribution in [2.45, 2.75) is 6.92 Å². The number of rotatable bonds is 3. The van der Waals surface area contributed by atoms with Crippen molar-refractivity contribution in [3.8, 4) is 0 Å². The maximum atomic E-state index is 10.6. The number of hydrogen-bond donors (Lipinski definition) is 0. The summed E-state index contributed by atoms with van der Waals surface area (Å²) in [5.74, 6) is 0. The van der Waals surface area contributed by atoms with Crippen molar-refractivity contribution in [3.63, 3.8) is 0 Å². The molecule has 0 unspecified atom stereocenters. The highest BCUT2D eigenvalue weighted by Gasteiger charge is 1.89. The quantitative estimate of drug-likeness (QED) is 0.287. The molecule has 0 fully saturated rings. The Balaban J connectivity index is 2.58. The Hall–Kier alpha value is -1.58. The normalized spacial score (nSPS) is 10.4. The van der Waals surface area contributed by atoms with Crippen LogP contribution in [-0.4, -0.2) is 12.8 Å². The molecule has 4 heteroatoms. The lowest BCUT2D eigenvalue weighted by molar-refractivity contribution is -0.605. The van der Waals surface area contributed by atoms with E-state index in [1.54, 1.807) is 18.3 Å². The monoisotopic (exact) mass is 166 g/mol. The molecule has 0 amide bonds. The van der Waals surface area contributed by atoms with Crippen LogP contribution < -0.4 is 4.73 Å². The van der Waals surface area contributed by atoms with Gasteiger partial charge >= 0.3 is 0 Å². The van der Waals surface area contributed by atoms with E-state index < -0.39 is 0 Å². The largest absolute Gasteiger partial charge is 0.619 e. The Morgan fingerprint density at radius 3 is 2.83 bits per heavy atom. The van der Waals surface area contributed by atoms with Crippen molar-refractivity contribution in [1.29, 1.82) is 0 Å². The number of aromatic nitrogens is 1. The minimum Gasteiger partial charge on any atom is -0.619 e. The van der Waals surface area contributed by atoms with Gasteiger partial charge in [0, 0.05) is 17.7 Å². The molecule has 0 saturated heterocycles. The molecule has 0 aromatic carbocycles. The molecule has 0 aliphatic rings. The number of hydrogen-bond acceptors (Lipinski definition) is 3. The maximum Gasteiger partial charge on any atom is 0.181 e. The highest BCUT2D eigenvalue weighted by molar-refractivity contribution is 5.78. The van der Waals surface area contributed by atoms with Gasteiger partial charge in [0.1, 0.15) is 6.61 Å². The molecule has 0 spiro atoms. The van der Waals surface area contributed by atoms with Crippen LogP contribution in [0.2, 0.25) is 0 Å². The molecule has 4 nitrogen and oxygen atoms in total. The average molecular weight is 166 g/mol. The minimum atomic E-state index is 0.547. The molecule has 64 valence electrons. The van der Waals surface area contributed by atoms with Crippen LogP contribution in [-0.2, 0) is 4.84 Å². The van der Waals surface area contributed by atoms with Gasteiger partial charge in [0.2, 0.25) is 0 Å². The molecule has 0 N–H and O–H groups in total. The summed E-state index contributed by atoms with van der Waals surface area (Å²) in [5.41, 5.74) is 0.843. The lowest BCUT2D eigenvalue weighted by Crippen LogP contribution is -2.23. The molecule has 0 aliphatic heterocycles. The van der Waals surface area contributed by atoms with Crippen LogP contribution in [0.5, 0.6) is 0 Å². The predicted molar refractivity (Wildman–Crippen MR) is 44.6 cm³/mol. The van der Waals surface area contributed by atoms with Gasteiger partial charge in [-0.05, 0) is 6.92 Å². The fourth-order valence-corrected chi connectivity index (χ4v) is 0.683. The standard InChI is InChI=1S/C8H10N2O2/c1-2-12-9-7-8-3-5-10(11)6-4-8/h3-7H,2H2,1H3/b9-7+. The Bertz CT molecular complexity index is 256. The molecule has 1 rings (SSSR count). The van der Waals surface area contributed by atoms with Crippen LogP contribution >= 0.6 is 0 Å². The Morgan fingerprint density at radius 2 is 2.25 bits per heavy atom. The molecule has 1 heterocycles. The third kappa shape index (κ3) is 2.57. The molecule has 12 heavy (non-hydrogen) atoms. The van der Waals surface area contributed by atoms with Gasteiger partial charge in [0.25, 0.3) is 0 Å². The zero-order valence-electron chi connectivity index (χ0n) is 6.80. The highest BCUT2D eigenvalue weighted by atomic mass is 16.6. The van der Waals surface area contributed by atoms with Gasteiger partial charge in [0.05, 0.1) is 6.21 Å². The van der Waals surface area contributed by atoms with E-state index in [1.165, 1.54) is 12.4 Å². The van der Waals surface area contributed by atoms with Gasteiger partial charge in [-0.1, -0.05) is 5.16 Å². The zero-order valence-corrected chi connectivity index (χ0v) is 6.80. The van der Waals surface area contributed by atoms with Crippen molar-refractivity contribution in [3.05, 3.63) is 35.3 Å². The third-order valence-electron chi connectivity index (χ3n) is 1.23. The smallest absolute Gasteiger partial charge is 0.181 e. The topological polar surface area (TPSA) is 48.5 Å². The van der Waals surface area contributed by atoms with E-state index in [9.17, 15) is 5.21 Å². The van der Waals surface area contributed by atoms with E-state index in [0.29, 0.717) is 6.61 Å². The second-order valence-corrected chi connectivity index (χ2v) is 2.14. The molecule has 0 saturated carbocycles. The van der Waals surface area contributed by atoms with Crippen molar-refractivity contribution in [2.24, 2.45) is 5.16 Å². The predicted octanol–water partition coefficient (Wildman–Crippen LogP) is 0.690. The van der Waals surface area contributed by atoms with Crippen LogP contribution in [0, 0.1) is 5.21 Å². The minimum absolute atomic E-state index is 0.547. The van der Waals surface area contributed by atoms with Gasteiger partial charge in [-0.25, -0.2) is 0 Å². The van der Waals surface area contributed by atoms with Crippen molar-refractivity contribution >= 4 is 6.21 Å². The molecular weight excluding hydrogens is 156 g/mol. The lowest BCUT2D eigenvalue weighted by Gasteiger charge is -1.94. The summed E-state index contributed by atoms with van der Waals surface area (Å²) in [7, 11) is 0. The summed E-state index contributed by atoms with van der Waals surface area (Å²) >= 11 is 0.